The van der Waals surface area contributed by atoms with E-state index in [4.69, 9.17) is 28.6 Å². The molecule has 0 aliphatic carbocycles. The minimum atomic E-state index is 0.252. The van der Waals surface area contributed by atoms with E-state index in [0.717, 1.165) is 36.6 Å². The molecule has 2 N–H and O–H groups in total. The third-order valence-electron chi connectivity index (χ3n) is 3.68. The molecule has 0 unspecified atom stereocenters. The fourth-order valence-corrected chi connectivity index (χ4v) is 3.75. The van der Waals surface area contributed by atoms with Crippen LogP contribution in [-0.2, 0) is 4.74 Å². The van der Waals surface area contributed by atoms with Crippen LogP contribution in [0.3, 0.4) is 0 Å². The normalized spacial score (nSPS) is 16.8. The maximum absolute atomic E-state index is 6.15. The Morgan fingerprint density at radius 3 is 2.83 bits per heavy atom. The number of anilines is 1. The van der Waals surface area contributed by atoms with E-state index in [-0.39, 0.29) is 6.10 Å². The van der Waals surface area contributed by atoms with Crippen molar-refractivity contribution in [3.8, 4) is 0 Å². The molecule has 0 aromatic heterocycles. The highest BCUT2D eigenvalue weighted by molar-refractivity contribution is 7.99. The standard InChI is InChI=1S/C18H19ClN2OS2/c19-13-8-9-17(24-15-6-2-1-3-7-15)16(11-13)21-18(23)20-12-14-5-4-10-22-14/h1-3,6-9,11,14H,4-5,10,12H2,(H2,20,21,23)/t14-/m0/s1. The van der Waals surface area contributed by atoms with Crippen LogP contribution in [0.4, 0.5) is 5.69 Å². The lowest BCUT2D eigenvalue weighted by Gasteiger charge is -2.16. The molecular formula is C18H19ClN2OS2. The number of nitrogens with one attached hydrogen (secondary N) is 2. The van der Waals surface area contributed by atoms with E-state index in [1.807, 2.05) is 36.4 Å². The number of ether oxygens (including phenoxy) is 1. The number of hydrogen-bond donors (Lipinski definition) is 2. The smallest absolute Gasteiger partial charge is 0.170 e. The topological polar surface area (TPSA) is 33.3 Å². The summed E-state index contributed by atoms with van der Waals surface area (Å²) in [6, 6.07) is 16.0. The Kier molecular flexibility index (Phi) is 6.37. The zero-order valence-electron chi connectivity index (χ0n) is 13.1. The third-order valence-corrected chi connectivity index (χ3v) is 5.24. The molecule has 1 heterocycles. The summed E-state index contributed by atoms with van der Waals surface area (Å²) < 4.78 is 5.60. The van der Waals surface area contributed by atoms with Gasteiger partial charge < -0.3 is 15.4 Å². The van der Waals surface area contributed by atoms with Gasteiger partial charge in [0.2, 0.25) is 0 Å². The molecule has 1 atom stereocenters. The molecule has 1 saturated heterocycles. The summed E-state index contributed by atoms with van der Waals surface area (Å²) >= 11 is 13.2. The highest BCUT2D eigenvalue weighted by Gasteiger charge is 2.15. The molecule has 0 spiro atoms. The molecule has 0 amide bonds. The molecule has 1 aliphatic rings. The van der Waals surface area contributed by atoms with Crippen LogP contribution in [0.25, 0.3) is 0 Å². The highest BCUT2D eigenvalue weighted by Crippen LogP contribution is 2.35. The molecule has 0 bridgehead atoms. The van der Waals surface area contributed by atoms with E-state index in [1.165, 1.54) is 4.90 Å². The van der Waals surface area contributed by atoms with Gasteiger partial charge in [-0.3, -0.25) is 0 Å². The Labute approximate surface area is 157 Å². The van der Waals surface area contributed by atoms with Crippen LogP contribution >= 0.6 is 35.6 Å². The summed E-state index contributed by atoms with van der Waals surface area (Å²) in [6.45, 7) is 1.58. The van der Waals surface area contributed by atoms with Gasteiger partial charge in [0.1, 0.15) is 0 Å². The summed E-state index contributed by atoms with van der Waals surface area (Å²) in [5, 5.41) is 7.75. The van der Waals surface area contributed by atoms with Crippen LogP contribution in [0, 0.1) is 0 Å². The van der Waals surface area contributed by atoms with Crippen LogP contribution < -0.4 is 10.6 Å². The van der Waals surface area contributed by atoms with E-state index in [0.29, 0.717) is 10.1 Å². The SMILES string of the molecule is S=C(NC[C@@H]1CCCO1)Nc1cc(Cl)ccc1Sc1ccccc1. The van der Waals surface area contributed by atoms with Crippen molar-refractivity contribution < 1.29 is 4.74 Å². The number of thiocarbonyl (C=S) groups is 1. The summed E-state index contributed by atoms with van der Waals surface area (Å²) in [5.74, 6) is 0. The molecule has 3 rings (SSSR count). The Balaban J connectivity index is 1.64. The van der Waals surface area contributed by atoms with Crippen LogP contribution in [-0.4, -0.2) is 24.4 Å². The van der Waals surface area contributed by atoms with Gasteiger partial charge in [-0.05, 0) is 55.4 Å². The molecule has 1 aliphatic heterocycles. The number of halogens is 1. The Hall–Kier alpha value is -1.27. The van der Waals surface area contributed by atoms with Crippen molar-refractivity contribution in [3.63, 3.8) is 0 Å². The van der Waals surface area contributed by atoms with Gasteiger partial charge >= 0.3 is 0 Å². The van der Waals surface area contributed by atoms with Crippen molar-refractivity contribution >= 4 is 46.4 Å². The number of hydrogen-bond acceptors (Lipinski definition) is 3. The molecule has 2 aromatic carbocycles. The summed E-state index contributed by atoms with van der Waals surface area (Å²) in [5.41, 5.74) is 0.904. The predicted molar refractivity (Wildman–Crippen MR) is 105 cm³/mol. The van der Waals surface area contributed by atoms with E-state index in [9.17, 15) is 0 Å². The van der Waals surface area contributed by atoms with Crippen molar-refractivity contribution in [2.75, 3.05) is 18.5 Å². The summed E-state index contributed by atoms with van der Waals surface area (Å²) in [7, 11) is 0. The van der Waals surface area contributed by atoms with Gasteiger partial charge in [0.25, 0.3) is 0 Å². The van der Waals surface area contributed by atoms with Crippen molar-refractivity contribution in [2.45, 2.75) is 28.7 Å². The maximum atomic E-state index is 6.15. The summed E-state index contributed by atoms with van der Waals surface area (Å²) in [6.07, 6.45) is 2.46. The van der Waals surface area contributed by atoms with Crippen LogP contribution in [0.15, 0.2) is 58.3 Å². The molecular weight excluding hydrogens is 360 g/mol. The maximum Gasteiger partial charge on any atom is 0.170 e. The molecule has 24 heavy (non-hydrogen) atoms. The van der Waals surface area contributed by atoms with Gasteiger partial charge in [0, 0.05) is 28.0 Å². The molecule has 6 heteroatoms. The Bertz CT molecular complexity index is 691. The first-order chi connectivity index (χ1) is 11.7. The second-order valence-electron chi connectivity index (χ2n) is 5.53. The van der Waals surface area contributed by atoms with E-state index < -0.39 is 0 Å². The zero-order chi connectivity index (χ0) is 16.8. The van der Waals surface area contributed by atoms with Crippen molar-refractivity contribution in [2.24, 2.45) is 0 Å². The number of benzene rings is 2. The Morgan fingerprint density at radius 1 is 1.25 bits per heavy atom. The van der Waals surface area contributed by atoms with E-state index >= 15 is 0 Å². The van der Waals surface area contributed by atoms with E-state index in [1.54, 1.807) is 11.8 Å². The van der Waals surface area contributed by atoms with Gasteiger partial charge in [0.15, 0.2) is 5.11 Å². The first-order valence-corrected chi connectivity index (χ1v) is 9.50. The third kappa shape index (κ3) is 5.11. The van der Waals surface area contributed by atoms with E-state index in [2.05, 4.69) is 22.8 Å². The monoisotopic (exact) mass is 378 g/mol. The molecule has 0 radical (unpaired) electrons. The second kappa shape index (κ2) is 8.72. The number of rotatable bonds is 5. The zero-order valence-corrected chi connectivity index (χ0v) is 15.5. The predicted octanol–water partition coefficient (Wildman–Crippen LogP) is 4.96. The van der Waals surface area contributed by atoms with Gasteiger partial charge in [0.05, 0.1) is 11.8 Å². The van der Waals surface area contributed by atoms with Crippen LogP contribution in [0.2, 0.25) is 5.02 Å². The minimum Gasteiger partial charge on any atom is -0.376 e. The first-order valence-electron chi connectivity index (χ1n) is 7.89. The van der Waals surface area contributed by atoms with Gasteiger partial charge in [-0.2, -0.15) is 0 Å². The minimum absolute atomic E-state index is 0.252. The average Bonchev–Trinajstić information content (AvgIpc) is 3.10. The lowest BCUT2D eigenvalue weighted by atomic mass is 10.2. The average molecular weight is 379 g/mol. The van der Waals surface area contributed by atoms with Crippen molar-refractivity contribution in [3.05, 3.63) is 53.6 Å². The lowest BCUT2D eigenvalue weighted by Crippen LogP contribution is -2.34. The Morgan fingerprint density at radius 2 is 2.08 bits per heavy atom. The van der Waals surface area contributed by atoms with Gasteiger partial charge in [-0.25, -0.2) is 0 Å². The second-order valence-corrected chi connectivity index (χ2v) is 7.49. The van der Waals surface area contributed by atoms with Crippen molar-refractivity contribution in [1.29, 1.82) is 0 Å². The van der Waals surface area contributed by atoms with Crippen LogP contribution in [0.5, 0.6) is 0 Å². The van der Waals surface area contributed by atoms with Gasteiger partial charge in [-0.15, -0.1) is 0 Å². The van der Waals surface area contributed by atoms with Crippen molar-refractivity contribution in [1.82, 2.24) is 5.32 Å². The van der Waals surface area contributed by atoms with Crippen LogP contribution in [0.1, 0.15) is 12.8 Å². The molecule has 1 fully saturated rings. The lowest BCUT2D eigenvalue weighted by molar-refractivity contribution is 0.114. The molecule has 0 saturated carbocycles. The quantitative estimate of drug-likeness (QED) is 0.719. The fraction of sp³-hybridized carbons (Fsp3) is 0.278. The summed E-state index contributed by atoms with van der Waals surface area (Å²) in [4.78, 5) is 2.24. The first kappa shape index (κ1) is 17.5. The largest absolute Gasteiger partial charge is 0.376 e. The highest BCUT2D eigenvalue weighted by atomic mass is 35.5. The van der Waals surface area contributed by atoms with Gasteiger partial charge in [-0.1, -0.05) is 41.6 Å². The fourth-order valence-electron chi connectivity index (χ4n) is 2.48. The molecule has 2 aromatic rings. The molecule has 3 nitrogen and oxygen atoms in total. The molecule has 126 valence electrons.